The number of halogens is 1. The van der Waals surface area contributed by atoms with Crippen LogP contribution in [0.15, 0.2) is 4.99 Å². The number of carbonyl (C=O) groups is 1. The second kappa shape index (κ2) is 11.1. The number of nitrogens with zero attached hydrogens (tertiary/aromatic N) is 2. The zero-order valence-corrected chi connectivity index (χ0v) is 16.1. The van der Waals surface area contributed by atoms with Crippen LogP contribution in [0.3, 0.4) is 0 Å². The Balaban J connectivity index is 0.00000400. The summed E-state index contributed by atoms with van der Waals surface area (Å²) >= 11 is 0. The zero-order chi connectivity index (χ0) is 15.0. The Morgan fingerprint density at radius 1 is 1.33 bits per heavy atom. The first-order valence-corrected chi connectivity index (χ1v) is 7.78. The van der Waals surface area contributed by atoms with Gasteiger partial charge in [-0.05, 0) is 32.6 Å². The summed E-state index contributed by atoms with van der Waals surface area (Å²) in [6.07, 6.45) is 1.70. The fraction of sp³-hybridized carbons (Fsp3) is 0.867. The Bertz CT molecular complexity index is 327. The molecule has 0 aromatic heterocycles. The number of likely N-dealkylation sites (tertiary alicyclic amines) is 1. The predicted octanol–water partition coefficient (Wildman–Crippen LogP) is 2.50. The van der Waals surface area contributed by atoms with E-state index in [0.717, 1.165) is 45.0 Å². The van der Waals surface area contributed by atoms with E-state index in [9.17, 15) is 4.79 Å². The molecule has 0 spiro atoms. The molecule has 0 aromatic rings. The summed E-state index contributed by atoms with van der Waals surface area (Å²) in [5, 5.41) is 3.34. The maximum atomic E-state index is 11.7. The van der Waals surface area contributed by atoms with E-state index in [1.165, 1.54) is 0 Å². The maximum Gasteiger partial charge on any atom is 0.309 e. The molecule has 1 aliphatic rings. The molecule has 0 atom stereocenters. The molecule has 1 aliphatic heterocycles. The van der Waals surface area contributed by atoms with Crippen LogP contribution in [0.5, 0.6) is 0 Å². The summed E-state index contributed by atoms with van der Waals surface area (Å²) in [5.41, 5.74) is 0. The van der Waals surface area contributed by atoms with E-state index in [2.05, 4.69) is 36.0 Å². The number of esters is 1. The minimum Gasteiger partial charge on any atom is -0.466 e. The van der Waals surface area contributed by atoms with Crippen LogP contribution in [0.2, 0.25) is 0 Å². The molecule has 6 heteroatoms. The molecule has 1 heterocycles. The van der Waals surface area contributed by atoms with Crippen molar-refractivity contribution in [2.75, 3.05) is 32.8 Å². The van der Waals surface area contributed by atoms with Gasteiger partial charge in [0.1, 0.15) is 0 Å². The monoisotopic (exact) mass is 411 g/mol. The van der Waals surface area contributed by atoms with Crippen LogP contribution in [0, 0.1) is 11.8 Å². The van der Waals surface area contributed by atoms with Crippen LogP contribution in [0.25, 0.3) is 0 Å². The van der Waals surface area contributed by atoms with Gasteiger partial charge in [0.15, 0.2) is 5.96 Å². The predicted molar refractivity (Wildman–Crippen MR) is 97.2 cm³/mol. The van der Waals surface area contributed by atoms with Crippen molar-refractivity contribution in [3.05, 3.63) is 0 Å². The second-order valence-electron chi connectivity index (χ2n) is 5.60. The van der Waals surface area contributed by atoms with Gasteiger partial charge in [-0.25, -0.2) is 0 Å². The number of ether oxygens (including phenoxy) is 1. The van der Waals surface area contributed by atoms with Crippen molar-refractivity contribution in [2.45, 2.75) is 40.5 Å². The van der Waals surface area contributed by atoms with E-state index in [0.29, 0.717) is 12.5 Å². The van der Waals surface area contributed by atoms with Crippen molar-refractivity contribution in [3.63, 3.8) is 0 Å². The van der Waals surface area contributed by atoms with Gasteiger partial charge in [-0.3, -0.25) is 9.79 Å². The van der Waals surface area contributed by atoms with E-state index >= 15 is 0 Å². The maximum absolute atomic E-state index is 11.7. The van der Waals surface area contributed by atoms with Crippen molar-refractivity contribution < 1.29 is 9.53 Å². The summed E-state index contributed by atoms with van der Waals surface area (Å²) in [4.78, 5) is 18.6. The molecule has 0 saturated carbocycles. The minimum atomic E-state index is -0.0451. The van der Waals surface area contributed by atoms with Crippen molar-refractivity contribution in [1.29, 1.82) is 0 Å². The van der Waals surface area contributed by atoms with E-state index in [1.54, 1.807) is 0 Å². The molecule has 1 saturated heterocycles. The highest BCUT2D eigenvalue weighted by Crippen LogP contribution is 2.18. The first-order valence-electron chi connectivity index (χ1n) is 7.78. The molecule has 124 valence electrons. The van der Waals surface area contributed by atoms with Gasteiger partial charge < -0.3 is 15.0 Å². The summed E-state index contributed by atoms with van der Waals surface area (Å²) in [5.74, 6) is 1.54. The van der Waals surface area contributed by atoms with Gasteiger partial charge in [0, 0.05) is 26.2 Å². The number of carbonyl (C=O) groups excluding carboxylic acids is 1. The molecule has 1 rings (SSSR count). The normalized spacial score (nSPS) is 16.6. The lowest BCUT2D eigenvalue weighted by molar-refractivity contribution is -0.149. The van der Waals surface area contributed by atoms with Crippen LogP contribution in [0.4, 0.5) is 0 Å². The third-order valence-corrected chi connectivity index (χ3v) is 3.36. The summed E-state index contributed by atoms with van der Waals surface area (Å²) in [7, 11) is 0. The molecular formula is C15H30IN3O2. The Kier molecular flexibility index (Phi) is 10.8. The topological polar surface area (TPSA) is 53.9 Å². The Labute approximate surface area is 145 Å². The van der Waals surface area contributed by atoms with Crippen molar-refractivity contribution in [2.24, 2.45) is 16.8 Å². The van der Waals surface area contributed by atoms with E-state index in [-0.39, 0.29) is 35.9 Å². The molecule has 5 nitrogen and oxygen atoms in total. The number of hydrogen-bond donors (Lipinski definition) is 1. The van der Waals surface area contributed by atoms with Crippen LogP contribution in [0.1, 0.15) is 40.5 Å². The molecule has 0 amide bonds. The molecule has 0 aromatic carbocycles. The highest BCUT2D eigenvalue weighted by molar-refractivity contribution is 14.0. The van der Waals surface area contributed by atoms with Gasteiger partial charge in [-0.1, -0.05) is 13.8 Å². The Morgan fingerprint density at radius 3 is 2.43 bits per heavy atom. The quantitative estimate of drug-likeness (QED) is 0.327. The summed E-state index contributed by atoms with van der Waals surface area (Å²) in [6, 6.07) is 0. The van der Waals surface area contributed by atoms with Gasteiger partial charge in [0.25, 0.3) is 0 Å². The van der Waals surface area contributed by atoms with Gasteiger partial charge in [0.2, 0.25) is 0 Å². The molecular weight excluding hydrogens is 381 g/mol. The van der Waals surface area contributed by atoms with E-state index in [4.69, 9.17) is 4.74 Å². The van der Waals surface area contributed by atoms with Crippen molar-refractivity contribution in [3.8, 4) is 0 Å². The number of aliphatic imine (C=N–C) groups is 1. The van der Waals surface area contributed by atoms with Crippen molar-refractivity contribution in [1.82, 2.24) is 10.2 Å². The van der Waals surface area contributed by atoms with Crippen LogP contribution < -0.4 is 5.32 Å². The lowest BCUT2D eigenvalue weighted by Gasteiger charge is -2.33. The summed E-state index contributed by atoms with van der Waals surface area (Å²) in [6.45, 7) is 12.2. The van der Waals surface area contributed by atoms with Crippen molar-refractivity contribution >= 4 is 35.9 Å². The molecule has 0 radical (unpaired) electrons. The van der Waals surface area contributed by atoms with Crippen LogP contribution in [-0.4, -0.2) is 49.6 Å². The first-order chi connectivity index (χ1) is 9.58. The fourth-order valence-electron chi connectivity index (χ4n) is 2.28. The van der Waals surface area contributed by atoms with E-state index < -0.39 is 0 Å². The van der Waals surface area contributed by atoms with Gasteiger partial charge in [-0.2, -0.15) is 0 Å². The standard InChI is InChI=1S/C15H29N3O2.HI/c1-5-16-15(17-11-12(3)4)18-9-7-13(8-10-18)14(19)20-6-2;/h12-13H,5-11H2,1-4H3,(H,16,17);1H. The number of hydrogen-bond acceptors (Lipinski definition) is 3. The smallest absolute Gasteiger partial charge is 0.309 e. The Morgan fingerprint density at radius 2 is 1.95 bits per heavy atom. The lowest BCUT2D eigenvalue weighted by Crippen LogP contribution is -2.46. The number of rotatable bonds is 5. The van der Waals surface area contributed by atoms with Gasteiger partial charge in [-0.15, -0.1) is 24.0 Å². The average molecular weight is 411 g/mol. The number of guanidine groups is 1. The van der Waals surface area contributed by atoms with Gasteiger partial charge in [0.05, 0.1) is 12.5 Å². The lowest BCUT2D eigenvalue weighted by atomic mass is 9.97. The summed E-state index contributed by atoms with van der Waals surface area (Å²) < 4.78 is 5.10. The highest BCUT2D eigenvalue weighted by atomic mass is 127. The molecule has 21 heavy (non-hydrogen) atoms. The van der Waals surface area contributed by atoms with Gasteiger partial charge >= 0.3 is 5.97 Å². The zero-order valence-electron chi connectivity index (χ0n) is 13.7. The Hall–Kier alpha value is -0.530. The number of nitrogens with one attached hydrogen (secondary N) is 1. The minimum absolute atomic E-state index is 0. The molecule has 1 N–H and O–H groups in total. The first kappa shape index (κ1) is 20.5. The highest BCUT2D eigenvalue weighted by Gasteiger charge is 2.27. The largest absolute Gasteiger partial charge is 0.466 e. The SMILES string of the molecule is CCNC(=NCC(C)C)N1CCC(C(=O)OCC)CC1.I. The van der Waals surface area contributed by atoms with Crippen LogP contribution >= 0.6 is 24.0 Å². The molecule has 0 unspecified atom stereocenters. The second-order valence-corrected chi connectivity index (χ2v) is 5.60. The third kappa shape index (κ3) is 7.33. The van der Waals surface area contributed by atoms with E-state index in [1.807, 2.05) is 6.92 Å². The van der Waals surface area contributed by atoms with Crippen LogP contribution in [-0.2, 0) is 9.53 Å². The molecule has 1 fully saturated rings. The third-order valence-electron chi connectivity index (χ3n) is 3.36. The molecule has 0 aliphatic carbocycles. The number of piperidine rings is 1. The fourth-order valence-corrected chi connectivity index (χ4v) is 2.28. The molecule has 0 bridgehead atoms. The average Bonchev–Trinajstić information content (AvgIpc) is 2.44.